The number of benzene rings is 1. The van der Waals surface area contributed by atoms with E-state index in [1.165, 1.54) is 0 Å². The number of rotatable bonds is 3. The van der Waals surface area contributed by atoms with Gasteiger partial charge in [0.1, 0.15) is 5.75 Å². The van der Waals surface area contributed by atoms with Crippen LogP contribution in [-0.2, 0) is 0 Å². The lowest BCUT2D eigenvalue weighted by atomic mass is 10.3. The average molecular weight is 245 g/mol. The molecular formula is C13H15N3O2. The number of hydrogen-bond donors (Lipinski definition) is 2. The molecule has 0 unspecified atom stereocenters. The zero-order valence-electron chi connectivity index (χ0n) is 10.6. The van der Waals surface area contributed by atoms with Crippen LogP contribution in [-0.4, -0.2) is 17.1 Å². The number of aromatic nitrogens is 2. The molecule has 0 saturated carbocycles. The van der Waals surface area contributed by atoms with Crippen molar-refractivity contribution in [3.63, 3.8) is 0 Å². The maximum Gasteiger partial charge on any atom is 0.255 e. The summed E-state index contributed by atoms with van der Waals surface area (Å²) in [5, 5.41) is 3.04. The molecule has 0 spiro atoms. The lowest BCUT2D eigenvalue weighted by Crippen LogP contribution is -2.15. The number of aromatic amines is 1. The first-order valence-electron chi connectivity index (χ1n) is 5.59. The second kappa shape index (κ2) is 4.91. The third-order valence-electron chi connectivity index (χ3n) is 2.75. The Bertz CT molecular complexity index is 603. The van der Waals surface area contributed by atoms with Gasteiger partial charge in [-0.05, 0) is 38.1 Å². The molecule has 2 N–H and O–H groups in total. The van der Waals surface area contributed by atoms with Crippen molar-refractivity contribution in [3.05, 3.63) is 45.9 Å². The molecule has 0 aliphatic carbocycles. The lowest BCUT2D eigenvalue weighted by molar-refractivity contribution is 0.415. The first-order chi connectivity index (χ1) is 8.60. The monoisotopic (exact) mass is 245 g/mol. The van der Waals surface area contributed by atoms with Gasteiger partial charge in [-0.1, -0.05) is 0 Å². The fourth-order valence-corrected chi connectivity index (χ4v) is 1.52. The van der Waals surface area contributed by atoms with Crippen molar-refractivity contribution < 1.29 is 4.74 Å². The summed E-state index contributed by atoms with van der Waals surface area (Å²) in [6.45, 7) is 3.56. The summed E-state index contributed by atoms with van der Waals surface area (Å²) in [6.07, 6.45) is 0. The van der Waals surface area contributed by atoms with Gasteiger partial charge >= 0.3 is 0 Å². The number of H-pyrrole nitrogens is 1. The molecule has 94 valence electrons. The van der Waals surface area contributed by atoms with Gasteiger partial charge in [0.05, 0.1) is 7.11 Å². The summed E-state index contributed by atoms with van der Waals surface area (Å²) in [4.78, 5) is 18.6. The highest BCUT2D eigenvalue weighted by molar-refractivity contribution is 5.54. The van der Waals surface area contributed by atoms with Gasteiger partial charge in [0, 0.05) is 16.9 Å². The summed E-state index contributed by atoms with van der Waals surface area (Å²) >= 11 is 0. The Morgan fingerprint density at radius 1 is 1.22 bits per heavy atom. The van der Waals surface area contributed by atoms with E-state index in [1.54, 1.807) is 14.0 Å². The Morgan fingerprint density at radius 3 is 2.44 bits per heavy atom. The molecule has 0 saturated heterocycles. The van der Waals surface area contributed by atoms with E-state index in [4.69, 9.17) is 4.74 Å². The second-order valence-electron chi connectivity index (χ2n) is 3.98. The molecule has 2 aromatic rings. The van der Waals surface area contributed by atoms with Crippen LogP contribution in [0.4, 0.5) is 11.6 Å². The fourth-order valence-electron chi connectivity index (χ4n) is 1.52. The normalized spacial score (nSPS) is 10.2. The van der Waals surface area contributed by atoms with Crippen LogP contribution in [0.2, 0.25) is 0 Å². The Hall–Kier alpha value is -2.30. The van der Waals surface area contributed by atoms with Gasteiger partial charge in [0.25, 0.3) is 5.56 Å². The molecule has 5 heteroatoms. The summed E-state index contributed by atoms with van der Waals surface area (Å²) < 4.78 is 5.07. The highest BCUT2D eigenvalue weighted by Crippen LogP contribution is 2.17. The Balaban J connectivity index is 2.25. The van der Waals surface area contributed by atoms with E-state index in [2.05, 4.69) is 15.3 Å². The minimum atomic E-state index is -0.126. The van der Waals surface area contributed by atoms with Crippen molar-refractivity contribution >= 4 is 11.6 Å². The van der Waals surface area contributed by atoms with Crippen molar-refractivity contribution in [3.8, 4) is 5.75 Å². The molecule has 0 aliphatic rings. The molecule has 18 heavy (non-hydrogen) atoms. The lowest BCUT2D eigenvalue weighted by Gasteiger charge is -2.07. The minimum Gasteiger partial charge on any atom is -0.497 e. The number of ether oxygens (including phenoxy) is 1. The number of anilines is 2. The van der Waals surface area contributed by atoms with E-state index in [1.807, 2.05) is 31.2 Å². The van der Waals surface area contributed by atoms with Gasteiger partial charge in [-0.25, -0.2) is 4.98 Å². The van der Waals surface area contributed by atoms with Crippen LogP contribution in [0.5, 0.6) is 5.75 Å². The van der Waals surface area contributed by atoms with E-state index in [9.17, 15) is 4.79 Å². The van der Waals surface area contributed by atoms with Crippen LogP contribution in [0.15, 0.2) is 29.1 Å². The van der Waals surface area contributed by atoms with Crippen LogP contribution in [0.3, 0.4) is 0 Å². The minimum absolute atomic E-state index is 0.126. The van der Waals surface area contributed by atoms with Gasteiger partial charge in [0.2, 0.25) is 5.95 Å². The van der Waals surface area contributed by atoms with Crippen LogP contribution in [0.1, 0.15) is 11.3 Å². The average Bonchev–Trinajstić information content (AvgIpc) is 2.37. The Morgan fingerprint density at radius 2 is 1.89 bits per heavy atom. The second-order valence-corrected chi connectivity index (χ2v) is 3.98. The molecule has 1 aromatic heterocycles. The maximum absolute atomic E-state index is 11.6. The summed E-state index contributed by atoms with van der Waals surface area (Å²) in [7, 11) is 1.62. The smallest absolute Gasteiger partial charge is 0.255 e. The molecule has 0 aliphatic heterocycles. The van der Waals surface area contributed by atoms with E-state index in [0.717, 1.165) is 17.1 Å². The van der Waals surface area contributed by atoms with Gasteiger partial charge in [-0.3, -0.25) is 9.78 Å². The summed E-state index contributed by atoms with van der Waals surface area (Å²) in [6, 6.07) is 7.38. The molecular weight excluding hydrogens is 230 g/mol. The van der Waals surface area contributed by atoms with Crippen molar-refractivity contribution in [2.45, 2.75) is 13.8 Å². The highest BCUT2D eigenvalue weighted by Gasteiger charge is 2.03. The first kappa shape index (κ1) is 12.2. The molecule has 5 nitrogen and oxygen atoms in total. The van der Waals surface area contributed by atoms with Gasteiger partial charge in [-0.2, -0.15) is 0 Å². The SMILES string of the molecule is COc1ccc(Nc2nc(C)c(C)c(=O)[nH]2)cc1. The number of hydrogen-bond acceptors (Lipinski definition) is 4. The molecule has 0 radical (unpaired) electrons. The van der Waals surface area contributed by atoms with E-state index < -0.39 is 0 Å². The molecule has 0 fully saturated rings. The van der Waals surface area contributed by atoms with E-state index in [0.29, 0.717) is 11.5 Å². The molecule has 0 amide bonds. The molecule has 0 bridgehead atoms. The fraction of sp³-hybridized carbons (Fsp3) is 0.231. The quantitative estimate of drug-likeness (QED) is 0.869. The largest absolute Gasteiger partial charge is 0.497 e. The van der Waals surface area contributed by atoms with Crippen LogP contribution in [0.25, 0.3) is 0 Å². The van der Waals surface area contributed by atoms with Crippen molar-refractivity contribution in [1.29, 1.82) is 0 Å². The Kier molecular flexibility index (Phi) is 3.32. The van der Waals surface area contributed by atoms with E-state index in [-0.39, 0.29) is 5.56 Å². The zero-order chi connectivity index (χ0) is 13.1. The first-order valence-corrected chi connectivity index (χ1v) is 5.59. The molecule has 0 atom stereocenters. The summed E-state index contributed by atoms with van der Waals surface area (Å²) in [5.41, 5.74) is 2.06. The van der Waals surface area contributed by atoms with Crippen molar-refractivity contribution in [2.75, 3.05) is 12.4 Å². The number of aryl methyl sites for hydroxylation is 1. The number of nitrogens with one attached hydrogen (secondary N) is 2. The van der Waals surface area contributed by atoms with Crippen molar-refractivity contribution in [2.24, 2.45) is 0 Å². The molecule has 1 aromatic carbocycles. The predicted octanol–water partition coefficient (Wildman–Crippen LogP) is 2.14. The third kappa shape index (κ3) is 2.51. The van der Waals surface area contributed by atoms with Crippen LogP contribution >= 0.6 is 0 Å². The van der Waals surface area contributed by atoms with Gasteiger partial charge in [0.15, 0.2) is 0 Å². The molecule has 2 rings (SSSR count). The number of methoxy groups -OCH3 is 1. The molecule has 1 heterocycles. The highest BCUT2D eigenvalue weighted by atomic mass is 16.5. The van der Waals surface area contributed by atoms with Crippen molar-refractivity contribution in [1.82, 2.24) is 9.97 Å². The van der Waals surface area contributed by atoms with Gasteiger partial charge in [-0.15, -0.1) is 0 Å². The van der Waals surface area contributed by atoms with Gasteiger partial charge < -0.3 is 10.1 Å². The van der Waals surface area contributed by atoms with Crippen LogP contribution < -0.4 is 15.6 Å². The number of nitrogens with zero attached hydrogens (tertiary/aromatic N) is 1. The maximum atomic E-state index is 11.6. The Labute approximate surface area is 105 Å². The topological polar surface area (TPSA) is 67.0 Å². The third-order valence-corrected chi connectivity index (χ3v) is 2.75. The predicted molar refractivity (Wildman–Crippen MR) is 70.6 cm³/mol. The standard InChI is InChI=1S/C13H15N3O2/c1-8-9(2)14-13(16-12(8)17)15-10-4-6-11(18-3)7-5-10/h4-7H,1-3H3,(H2,14,15,16,17). The zero-order valence-corrected chi connectivity index (χ0v) is 10.6. The van der Waals surface area contributed by atoms with E-state index >= 15 is 0 Å². The van der Waals surface area contributed by atoms with Crippen LogP contribution in [0, 0.1) is 13.8 Å². The summed E-state index contributed by atoms with van der Waals surface area (Å²) in [5.74, 6) is 1.22.